The van der Waals surface area contributed by atoms with E-state index in [0.717, 1.165) is 21.6 Å². The molecule has 0 saturated heterocycles. The molecule has 0 saturated carbocycles. The third-order valence-electron chi connectivity index (χ3n) is 4.76. The van der Waals surface area contributed by atoms with E-state index in [1.54, 1.807) is 24.3 Å². The maximum absolute atomic E-state index is 12.9. The Balaban J connectivity index is 1.66. The minimum atomic E-state index is -0.922. The van der Waals surface area contributed by atoms with Crippen LogP contribution in [-0.4, -0.2) is 27.7 Å². The number of carbonyl (C=O) groups is 1. The summed E-state index contributed by atoms with van der Waals surface area (Å²) in [4.78, 5) is 32.6. The summed E-state index contributed by atoms with van der Waals surface area (Å²) >= 11 is 7.94. The minimum Gasteiger partial charge on any atom is -0.493 e. The number of halogens is 1. The van der Waals surface area contributed by atoms with Gasteiger partial charge in [-0.25, -0.2) is 4.98 Å². The van der Waals surface area contributed by atoms with Crippen LogP contribution < -0.4 is 10.3 Å². The monoisotopic (exact) mass is 466 g/mol. The molecule has 2 aromatic heterocycles. The summed E-state index contributed by atoms with van der Waals surface area (Å²) in [5.41, 5.74) is 2.35. The summed E-state index contributed by atoms with van der Waals surface area (Å²) < 4.78 is 5.45. The number of hydrogen-bond acceptors (Lipinski definition) is 5. The molecule has 0 aliphatic rings. The highest BCUT2D eigenvalue weighted by Crippen LogP contribution is 2.36. The maximum atomic E-state index is 12.9. The fraction of sp³-hybridized carbons (Fsp3) is 0.125. The molecule has 0 radical (unpaired) electrons. The first-order valence-corrected chi connectivity index (χ1v) is 11.0. The van der Waals surface area contributed by atoms with Crippen LogP contribution in [0.4, 0.5) is 0 Å². The van der Waals surface area contributed by atoms with Crippen LogP contribution >= 0.6 is 22.9 Å². The van der Waals surface area contributed by atoms with Crippen LogP contribution in [0.15, 0.2) is 59.4 Å². The van der Waals surface area contributed by atoms with Crippen molar-refractivity contribution in [3.8, 4) is 16.9 Å². The van der Waals surface area contributed by atoms with Crippen molar-refractivity contribution in [1.29, 1.82) is 0 Å². The Hall–Kier alpha value is -3.42. The number of rotatable bonds is 7. The molecule has 2 aromatic carbocycles. The van der Waals surface area contributed by atoms with E-state index < -0.39 is 5.97 Å². The molecule has 0 aliphatic heterocycles. The lowest BCUT2D eigenvalue weighted by Gasteiger charge is -2.06. The van der Waals surface area contributed by atoms with Gasteiger partial charge in [-0.15, -0.1) is 11.3 Å². The number of carboxylic acid groups (broad SMARTS) is 1. The number of aryl methyl sites for hydroxylation is 1. The zero-order chi connectivity index (χ0) is 22.7. The fourth-order valence-corrected chi connectivity index (χ4v) is 4.61. The summed E-state index contributed by atoms with van der Waals surface area (Å²) in [5, 5.41) is 9.56. The number of carboxylic acids is 1. The predicted molar refractivity (Wildman–Crippen MR) is 128 cm³/mol. The van der Waals surface area contributed by atoms with Crippen LogP contribution in [0.3, 0.4) is 0 Å². The Morgan fingerprint density at radius 2 is 2.00 bits per heavy atom. The quantitative estimate of drug-likeness (QED) is 0.372. The number of hydrogen-bond donors (Lipinski definition) is 2. The minimum absolute atomic E-state index is 0.0727. The van der Waals surface area contributed by atoms with Gasteiger partial charge in [0.25, 0.3) is 5.56 Å². The van der Waals surface area contributed by atoms with Crippen LogP contribution in [0.25, 0.3) is 32.5 Å². The van der Waals surface area contributed by atoms with Gasteiger partial charge in [-0.3, -0.25) is 9.59 Å². The molecule has 0 spiro atoms. The molecule has 8 heteroatoms. The highest BCUT2D eigenvalue weighted by molar-refractivity contribution is 7.19. The average Bonchev–Trinajstić information content (AvgIpc) is 3.10. The van der Waals surface area contributed by atoms with Crippen LogP contribution in [0.5, 0.6) is 5.75 Å². The molecular weight excluding hydrogens is 448 g/mol. The molecular formula is C24H19ClN2O4S. The van der Waals surface area contributed by atoms with Gasteiger partial charge in [0.1, 0.15) is 10.6 Å². The molecule has 32 heavy (non-hydrogen) atoms. The topological polar surface area (TPSA) is 92.3 Å². The summed E-state index contributed by atoms with van der Waals surface area (Å²) in [6.45, 7) is 2.05. The second-order valence-electron chi connectivity index (χ2n) is 7.05. The van der Waals surface area contributed by atoms with Crippen LogP contribution in [-0.2, 0) is 4.79 Å². The Kier molecular flexibility index (Phi) is 6.39. The van der Waals surface area contributed by atoms with Crippen LogP contribution in [0.2, 0.25) is 0 Å². The number of ether oxygens (including phenoxy) is 1. The lowest BCUT2D eigenvalue weighted by Crippen LogP contribution is -2.10. The molecule has 0 bridgehead atoms. The van der Waals surface area contributed by atoms with Gasteiger partial charge in [0.05, 0.1) is 23.4 Å². The zero-order valence-electron chi connectivity index (χ0n) is 17.1. The molecule has 0 fully saturated rings. The van der Waals surface area contributed by atoms with Crippen molar-refractivity contribution in [2.75, 3.05) is 6.61 Å². The van der Waals surface area contributed by atoms with Crippen molar-refractivity contribution in [3.05, 3.63) is 81.2 Å². The number of H-pyrrole nitrogens is 1. The van der Waals surface area contributed by atoms with Gasteiger partial charge in [-0.2, -0.15) is 0 Å². The van der Waals surface area contributed by atoms with Crippen molar-refractivity contribution < 1.29 is 14.6 Å². The van der Waals surface area contributed by atoms with Crippen molar-refractivity contribution in [2.45, 2.75) is 13.3 Å². The number of nitrogens with zero attached hydrogens (tertiary/aromatic N) is 1. The average molecular weight is 467 g/mol. The number of aliphatic carboxylic acids is 1. The molecule has 2 N–H and O–H groups in total. The maximum Gasteiger partial charge on any atom is 0.306 e. The third kappa shape index (κ3) is 4.74. The van der Waals surface area contributed by atoms with Gasteiger partial charge in [-0.1, -0.05) is 54.1 Å². The van der Waals surface area contributed by atoms with Gasteiger partial charge >= 0.3 is 5.97 Å². The van der Waals surface area contributed by atoms with Crippen molar-refractivity contribution >= 4 is 50.2 Å². The lowest BCUT2D eigenvalue weighted by atomic mass is 10.0. The number of thiophene rings is 1. The molecule has 162 valence electrons. The standard InChI is InChI=1S/C24H19ClN2O4S/c1-14-20(16-7-3-2-4-8-16)21-23(30)26-22(27-24(21)32-14)18(25)13-15-6-5-9-17(12-15)31-11-10-19(28)29/h2-9,12-13H,10-11H2,1H3,(H,28,29)(H,26,27,30)/b18-13-. The zero-order valence-corrected chi connectivity index (χ0v) is 18.7. The fourth-order valence-electron chi connectivity index (χ4n) is 3.35. The van der Waals surface area contributed by atoms with Crippen LogP contribution in [0, 0.1) is 6.92 Å². The van der Waals surface area contributed by atoms with Gasteiger partial charge in [0, 0.05) is 10.4 Å². The molecule has 0 unspecified atom stereocenters. The Morgan fingerprint density at radius 3 is 2.75 bits per heavy atom. The Bertz CT molecular complexity index is 1380. The SMILES string of the molecule is Cc1sc2nc(/C(Cl)=C/c3cccc(OCCC(=O)O)c3)[nH]c(=O)c2c1-c1ccccc1. The Morgan fingerprint density at radius 1 is 1.22 bits per heavy atom. The first kappa shape index (κ1) is 21.8. The molecule has 0 amide bonds. The molecule has 4 aromatic rings. The number of fused-ring (bicyclic) bond motifs is 1. The van der Waals surface area contributed by atoms with Gasteiger partial charge in [0.2, 0.25) is 0 Å². The molecule has 0 atom stereocenters. The number of benzene rings is 2. The van der Waals surface area contributed by atoms with Gasteiger partial charge in [0.15, 0.2) is 5.82 Å². The summed E-state index contributed by atoms with van der Waals surface area (Å²) in [5.74, 6) is -0.112. The van der Waals surface area contributed by atoms with Gasteiger partial charge < -0.3 is 14.8 Å². The lowest BCUT2D eigenvalue weighted by molar-refractivity contribution is -0.137. The smallest absolute Gasteiger partial charge is 0.306 e. The summed E-state index contributed by atoms with van der Waals surface area (Å²) in [6.07, 6.45) is 1.59. The molecule has 0 aliphatic carbocycles. The third-order valence-corrected chi connectivity index (χ3v) is 6.05. The second-order valence-corrected chi connectivity index (χ2v) is 8.66. The summed E-state index contributed by atoms with van der Waals surface area (Å²) in [7, 11) is 0. The van der Waals surface area contributed by atoms with E-state index >= 15 is 0 Å². The predicted octanol–water partition coefficient (Wildman–Crippen LogP) is 5.55. The van der Waals surface area contributed by atoms with E-state index in [-0.39, 0.29) is 29.4 Å². The summed E-state index contributed by atoms with van der Waals surface area (Å²) in [6, 6.07) is 16.8. The number of nitrogens with one attached hydrogen (secondary N) is 1. The highest BCUT2D eigenvalue weighted by Gasteiger charge is 2.17. The second kappa shape index (κ2) is 9.38. The number of aromatic nitrogens is 2. The van der Waals surface area contributed by atoms with Crippen molar-refractivity contribution in [3.63, 3.8) is 0 Å². The van der Waals surface area contributed by atoms with E-state index in [1.807, 2.05) is 43.3 Å². The van der Waals surface area contributed by atoms with E-state index in [2.05, 4.69) is 9.97 Å². The molecule has 6 nitrogen and oxygen atoms in total. The van der Waals surface area contributed by atoms with E-state index in [0.29, 0.717) is 16.0 Å². The van der Waals surface area contributed by atoms with Crippen LogP contribution in [0.1, 0.15) is 22.7 Å². The Labute approximate surface area is 192 Å². The number of aromatic amines is 1. The van der Waals surface area contributed by atoms with E-state index in [9.17, 15) is 9.59 Å². The first-order valence-electron chi connectivity index (χ1n) is 9.83. The van der Waals surface area contributed by atoms with E-state index in [1.165, 1.54) is 11.3 Å². The van der Waals surface area contributed by atoms with Crippen molar-refractivity contribution in [2.24, 2.45) is 0 Å². The largest absolute Gasteiger partial charge is 0.493 e. The van der Waals surface area contributed by atoms with Crippen molar-refractivity contribution in [1.82, 2.24) is 9.97 Å². The molecule has 4 rings (SSSR count). The first-order chi connectivity index (χ1) is 15.4. The normalized spacial score (nSPS) is 11.6. The van der Waals surface area contributed by atoms with Gasteiger partial charge in [-0.05, 0) is 36.3 Å². The molecule has 2 heterocycles. The van der Waals surface area contributed by atoms with E-state index in [4.69, 9.17) is 21.4 Å². The highest BCUT2D eigenvalue weighted by atomic mass is 35.5.